The fourth-order valence-electron chi connectivity index (χ4n) is 1.82. The van der Waals surface area contributed by atoms with Gasteiger partial charge in [-0.05, 0) is 43.0 Å². The van der Waals surface area contributed by atoms with Gasteiger partial charge in [-0.25, -0.2) is 0 Å². The lowest BCUT2D eigenvalue weighted by molar-refractivity contribution is 0.339. The van der Waals surface area contributed by atoms with Crippen molar-refractivity contribution < 1.29 is 4.74 Å². The summed E-state index contributed by atoms with van der Waals surface area (Å²) in [5.41, 5.74) is 1.25. The fraction of sp³-hybridized carbons (Fsp3) is 0.333. The Labute approximate surface area is 113 Å². The van der Waals surface area contributed by atoms with E-state index in [-0.39, 0.29) is 0 Å². The van der Waals surface area contributed by atoms with Gasteiger partial charge in [0.1, 0.15) is 5.75 Å². The summed E-state index contributed by atoms with van der Waals surface area (Å²) in [5.74, 6) is 0.945. The summed E-state index contributed by atoms with van der Waals surface area (Å²) in [6.45, 7) is 5.77. The first-order valence-electron chi connectivity index (χ1n) is 6.28. The van der Waals surface area contributed by atoms with Gasteiger partial charge in [-0.3, -0.25) is 0 Å². The zero-order chi connectivity index (χ0) is 12.8. The molecule has 0 amide bonds. The van der Waals surface area contributed by atoms with E-state index in [2.05, 4.69) is 41.9 Å². The van der Waals surface area contributed by atoms with Gasteiger partial charge in [-0.15, -0.1) is 11.3 Å². The van der Waals surface area contributed by atoms with E-state index >= 15 is 0 Å². The van der Waals surface area contributed by atoms with Crippen LogP contribution in [0.25, 0.3) is 0 Å². The molecule has 0 bridgehead atoms. The van der Waals surface area contributed by atoms with E-state index in [1.807, 2.05) is 19.1 Å². The van der Waals surface area contributed by atoms with E-state index in [4.69, 9.17) is 4.74 Å². The second kappa shape index (κ2) is 6.57. The van der Waals surface area contributed by atoms with Crippen LogP contribution in [0.2, 0.25) is 0 Å². The van der Waals surface area contributed by atoms with Gasteiger partial charge >= 0.3 is 0 Å². The lowest BCUT2D eigenvalue weighted by atomic mass is 10.2. The molecule has 0 saturated heterocycles. The Kier molecular flexibility index (Phi) is 4.79. The van der Waals surface area contributed by atoms with Crippen molar-refractivity contribution in [1.82, 2.24) is 5.32 Å². The molecule has 1 atom stereocenters. The van der Waals surface area contributed by atoms with Gasteiger partial charge in [0.25, 0.3) is 0 Å². The number of nitrogens with one attached hydrogen (secondary N) is 1. The number of hydrogen-bond acceptors (Lipinski definition) is 3. The lowest BCUT2D eigenvalue weighted by Gasteiger charge is -2.12. The zero-order valence-corrected chi connectivity index (χ0v) is 11.7. The molecule has 0 aliphatic rings. The highest BCUT2D eigenvalue weighted by molar-refractivity contribution is 7.10. The second-order valence-corrected chi connectivity index (χ2v) is 5.18. The van der Waals surface area contributed by atoms with E-state index in [1.165, 1.54) is 10.4 Å². The van der Waals surface area contributed by atoms with Crippen molar-refractivity contribution in [3.8, 4) is 5.75 Å². The molecule has 2 aromatic rings. The first-order chi connectivity index (χ1) is 8.79. The van der Waals surface area contributed by atoms with E-state index in [0.29, 0.717) is 12.6 Å². The Bertz CT molecular complexity index is 467. The largest absolute Gasteiger partial charge is 0.494 e. The highest BCUT2D eigenvalue weighted by Crippen LogP contribution is 2.19. The van der Waals surface area contributed by atoms with Gasteiger partial charge < -0.3 is 10.1 Å². The van der Waals surface area contributed by atoms with Gasteiger partial charge in [0.2, 0.25) is 0 Å². The smallest absolute Gasteiger partial charge is 0.119 e. The van der Waals surface area contributed by atoms with Crippen molar-refractivity contribution in [2.75, 3.05) is 6.61 Å². The first kappa shape index (κ1) is 13.1. The number of rotatable bonds is 6. The standard InChI is InChI=1S/C15H19NOS/c1-3-17-14-7-4-6-13(10-14)11-16-12(2)15-8-5-9-18-15/h4-10,12,16H,3,11H2,1-2H3. The molecular formula is C15H19NOS. The van der Waals surface area contributed by atoms with Crippen LogP contribution in [-0.4, -0.2) is 6.61 Å². The predicted molar refractivity (Wildman–Crippen MR) is 77.2 cm³/mol. The summed E-state index contributed by atoms with van der Waals surface area (Å²) in [4.78, 5) is 1.37. The highest BCUT2D eigenvalue weighted by atomic mass is 32.1. The van der Waals surface area contributed by atoms with Crippen molar-refractivity contribution in [1.29, 1.82) is 0 Å². The summed E-state index contributed by atoms with van der Waals surface area (Å²) in [7, 11) is 0. The average molecular weight is 261 g/mol. The normalized spacial score (nSPS) is 12.3. The molecule has 0 radical (unpaired) electrons. The molecule has 2 nitrogen and oxygen atoms in total. The first-order valence-corrected chi connectivity index (χ1v) is 7.16. The van der Waals surface area contributed by atoms with Crippen molar-refractivity contribution in [3.63, 3.8) is 0 Å². The van der Waals surface area contributed by atoms with E-state index < -0.39 is 0 Å². The van der Waals surface area contributed by atoms with Gasteiger partial charge in [-0.1, -0.05) is 18.2 Å². The molecule has 1 heterocycles. The third-order valence-electron chi connectivity index (χ3n) is 2.79. The SMILES string of the molecule is CCOc1cccc(CNC(C)c2cccs2)c1. The minimum atomic E-state index is 0.390. The van der Waals surface area contributed by atoms with Crippen LogP contribution >= 0.6 is 11.3 Å². The maximum Gasteiger partial charge on any atom is 0.119 e. The van der Waals surface area contributed by atoms with Crippen LogP contribution in [0.1, 0.15) is 30.3 Å². The van der Waals surface area contributed by atoms with Gasteiger partial charge in [-0.2, -0.15) is 0 Å². The molecule has 3 heteroatoms. The molecule has 1 aromatic carbocycles. The number of hydrogen-bond donors (Lipinski definition) is 1. The molecule has 0 fully saturated rings. The van der Waals surface area contributed by atoms with Crippen molar-refractivity contribution >= 4 is 11.3 Å². The van der Waals surface area contributed by atoms with Crippen LogP contribution in [0, 0.1) is 0 Å². The molecule has 0 aliphatic heterocycles. The summed E-state index contributed by atoms with van der Waals surface area (Å²) in [6.07, 6.45) is 0. The summed E-state index contributed by atoms with van der Waals surface area (Å²) >= 11 is 1.79. The topological polar surface area (TPSA) is 21.3 Å². The Morgan fingerprint density at radius 1 is 1.28 bits per heavy atom. The van der Waals surface area contributed by atoms with E-state index in [0.717, 1.165) is 12.3 Å². The number of ether oxygens (including phenoxy) is 1. The third kappa shape index (κ3) is 3.59. The van der Waals surface area contributed by atoms with Gasteiger partial charge in [0, 0.05) is 17.5 Å². The second-order valence-electron chi connectivity index (χ2n) is 4.20. The van der Waals surface area contributed by atoms with Crippen LogP contribution < -0.4 is 10.1 Å². The maximum absolute atomic E-state index is 5.50. The van der Waals surface area contributed by atoms with Crippen LogP contribution in [0.5, 0.6) is 5.75 Å². The van der Waals surface area contributed by atoms with Crippen LogP contribution in [0.4, 0.5) is 0 Å². The molecule has 0 spiro atoms. The van der Waals surface area contributed by atoms with E-state index in [9.17, 15) is 0 Å². The van der Waals surface area contributed by atoms with Crippen LogP contribution in [0.15, 0.2) is 41.8 Å². The summed E-state index contributed by atoms with van der Waals surface area (Å²) in [5, 5.41) is 5.64. The number of benzene rings is 1. The van der Waals surface area contributed by atoms with Crippen molar-refractivity contribution in [2.24, 2.45) is 0 Å². The minimum Gasteiger partial charge on any atom is -0.494 e. The monoisotopic (exact) mass is 261 g/mol. The zero-order valence-electron chi connectivity index (χ0n) is 10.8. The van der Waals surface area contributed by atoms with E-state index in [1.54, 1.807) is 11.3 Å². The highest BCUT2D eigenvalue weighted by Gasteiger charge is 2.05. The average Bonchev–Trinajstić information content (AvgIpc) is 2.91. The van der Waals surface area contributed by atoms with Crippen molar-refractivity contribution in [3.05, 3.63) is 52.2 Å². The van der Waals surface area contributed by atoms with Crippen LogP contribution in [0.3, 0.4) is 0 Å². The van der Waals surface area contributed by atoms with Gasteiger partial charge in [0.05, 0.1) is 6.61 Å². The molecule has 0 aliphatic carbocycles. The summed E-state index contributed by atoms with van der Waals surface area (Å²) < 4.78 is 5.50. The van der Waals surface area contributed by atoms with Crippen molar-refractivity contribution in [2.45, 2.75) is 26.4 Å². The Morgan fingerprint density at radius 3 is 2.89 bits per heavy atom. The molecule has 96 valence electrons. The van der Waals surface area contributed by atoms with Gasteiger partial charge in [0.15, 0.2) is 0 Å². The Balaban J connectivity index is 1.91. The molecule has 18 heavy (non-hydrogen) atoms. The minimum absolute atomic E-state index is 0.390. The summed E-state index contributed by atoms with van der Waals surface area (Å²) in [6, 6.07) is 12.9. The fourth-order valence-corrected chi connectivity index (χ4v) is 2.58. The quantitative estimate of drug-likeness (QED) is 0.848. The molecule has 0 saturated carbocycles. The molecule has 1 unspecified atom stereocenters. The molecule has 1 aromatic heterocycles. The lowest BCUT2D eigenvalue weighted by Crippen LogP contribution is -2.17. The third-order valence-corrected chi connectivity index (χ3v) is 3.85. The molecule has 1 N–H and O–H groups in total. The number of thiophene rings is 1. The molecule has 2 rings (SSSR count). The molecular weight excluding hydrogens is 242 g/mol. The Hall–Kier alpha value is -1.32. The Morgan fingerprint density at radius 2 is 2.17 bits per heavy atom. The maximum atomic E-state index is 5.50. The van der Waals surface area contributed by atoms with Crippen LogP contribution in [-0.2, 0) is 6.54 Å². The predicted octanol–water partition coefficient (Wildman–Crippen LogP) is 4.00.